The fourth-order valence-electron chi connectivity index (χ4n) is 4.02. The molecule has 0 saturated carbocycles. The molecule has 1 heterocycles. The van der Waals surface area contributed by atoms with Crippen LogP contribution in [0.4, 0.5) is 11.4 Å². The predicted octanol–water partition coefficient (Wildman–Crippen LogP) is 5.77. The molecule has 4 nitrogen and oxygen atoms in total. The van der Waals surface area contributed by atoms with E-state index in [0.717, 1.165) is 34.3 Å². The van der Waals surface area contributed by atoms with Crippen molar-refractivity contribution in [2.24, 2.45) is 0 Å². The number of fused-ring (bicyclic) bond motifs is 2. The van der Waals surface area contributed by atoms with Crippen LogP contribution in [-0.4, -0.2) is 24.1 Å². The summed E-state index contributed by atoms with van der Waals surface area (Å²) in [5.74, 6) is 0.310. The average Bonchev–Trinajstić information content (AvgIpc) is 3.27. The van der Waals surface area contributed by atoms with E-state index in [0.29, 0.717) is 17.0 Å². The molecule has 0 atom stereocenters. The van der Waals surface area contributed by atoms with Crippen LogP contribution in [0.2, 0.25) is 0 Å². The molecule has 0 bridgehead atoms. The number of thioether (sulfide) groups is 1. The Hall–Kier alpha value is -3.57. The smallest absolute Gasteiger partial charge is 0.255 e. The summed E-state index contributed by atoms with van der Waals surface area (Å²) in [6.07, 6.45) is 0.906. The minimum absolute atomic E-state index is 0.102. The quantitative estimate of drug-likeness (QED) is 0.402. The van der Waals surface area contributed by atoms with Gasteiger partial charge in [0.2, 0.25) is 5.91 Å². The van der Waals surface area contributed by atoms with Crippen molar-refractivity contribution in [3.8, 4) is 0 Å². The van der Waals surface area contributed by atoms with E-state index in [1.165, 1.54) is 17.3 Å². The van der Waals surface area contributed by atoms with Crippen molar-refractivity contribution in [1.82, 2.24) is 0 Å². The van der Waals surface area contributed by atoms with E-state index in [1.807, 2.05) is 89.8 Å². The summed E-state index contributed by atoms with van der Waals surface area (Å²) in [5.41, 5.74) is 3.58. The number of carbonyl (C=O) groups is 2. The Bertz CT molecular complexity index is 1320. The van der Waals surface area contributed by atoms with Crippen LogP contribution in [0.3, 0.4) is 0 Å². The number of amides is 2. The minimum atomic E-state index is -0.150. The van der Waals surface area contributed by atoms with Crippen LogP contribution in [0, 0.1) is 0 Å². The Morgan fingerprint density at radius 2 is 1.66 bits per heavy atom. The van der Waals surface area contributed by atoms with Crippen molar-refractivity contribution in [2.75, 3.05) is 22.5 Å². The number of anilines is 2. The molecule has 1 N–H and O–H groups in total. The van der Waals surface area contributed by atoms with Crippen LogP contribution in [0.1, 0.15) is 15.9 Å². The molecule has 0 fully saturated rings. The van der Waals surface area contributed by atoms with Gasteiger partial charge < -0.3 is 10.2 Å². The first-order chi connectivity index (χ1) is 15.7. The number of carbonyl (C=O) groups excluding carboxylic acids is 2. The van der Waals surface area contributed by atoms with Crippen molar-refractivity contribution in [3.05, 3.63) is 102 Å². The summed E-state index contributed by atoms with van der Waals surface area (Å²) < 4.78 is 0. The van der Waals surface area contributed by atoms with Gasteiger partial charge in [-0.25, -0.2) is 0 Å². The van der Waals surface area contributed by atoms with E-state index in [1.54, 1.807) is 0 Å². The highest BCUT2D eigenvalue weighted by Gasteiger charge is 2.23. The highest BCUT2D eigenvalue weighted by atomic mass is 32.2. The van der Waals surface area contributed by atoms with E-state index in [4.69, 9.17) is 0 Å². The molecule has 0 saturated heterocycles. The predicted molar refractivity (Wildman–Crippen MR) is 132 cm³/mol. The van der Waals surface area contributed by atoms with Gasteiger partial charge in [-0.2, -0.15) is 0 Å². The third-order valence-electron chi connectivity index (χ3n) is 5.65. The first kappa shape index (κ1) is 20.3. The molecule has 0 spiro atoms. The molecule has 0 aromatic heterocycles. The first-order valence-electron chi connectivity index (χ1n) is 10.6. The van der Waals surface area contributed by atoms with Gasteiger partial charge in [0.1, 0.15) is 0 Å². The summed E-state index contributed by atoms with van der Waals surface area (Å²) in [5, 5.41) is 5.11. The number of para-hydroxylation sites is 1. The molecule has 4 aromatic carbocycles. The summed E-state index contributed by atoms with van der Waals surface area (Å²) in [7, 11) is 0. The van der Waals surface area contributed by atoms with Gasteiger partial charge in [0, 0.05) is 28.4 Å². The number of benzene rings is 4. The largest absolute Gasteiger partial charge is 0.322 e. The van der Waals surface area contributed by atoms with Crippen LogP contribution >= 0.6 is 11.8 Å². The fraction of sp³-hybridized carbons (Fsp3) is 0.111. The molecule has 1 aliphatic heterocycles. The number of rotatable bonds is 5. The Balaban J connectivity index is 1.23. The SMILES string of the molecule is O=C(Nc1cccc(SCC(=O)N2CCc3ccccc32)c1)c1ccc2ccccc2c1. The third kappa shape index (κ3) is 4.25. The summed E-state index contributed by atoms with van der Waals surface area (Å²) in [4.78, 5) is 28.3. The Labute approximate surface area is 191 Å². The molecule has 4 aromatic rings. The summed E-state index contributed by atoms with van der Waals surface area (Å²) >= 11 is 1.49. The maximum Gasteiger partial charge on any atom is 0.255 e. The summed E-state index contributed by atoms with van der Waals surface area (Å²) in [6, 6.07) is 29.4. The zero-order valence-electron chi connectivity index (χ0n) is 17.5. The van der Waals surface area contributed by atoms with Gasteiger partial charge in [0.05, 0.1) is 5.75 Å². The van der Waals surface area contributed by atoms with Crippen LogP contribution in [0.15, 0.2) is 95.9 Å². The fourth-order valence-corrected chi connectivity index (χ4v) is 4.85. The van der Waals surface area contributed by atoms with E-state index >= 15 is 0 Å². The molecule has 158 valence electrons. The monoisotopic (exact) mass is 438 g/mol. The maximum absolute atomic E-state index is 12.8. The zero-order chi connectivity index (χ0) is 21.9. The second-order valence-corrected chi connectivity index (χ2v) is 8.81. The van der Waals surface area contributed by atoms with Gasteiger partial charge in [-0.3, -0.25) is 9.59 Å². The van der Waals surface area contributed by atoms with E-state index in [-0.39, 0.29) is 11.8 Å². The van der Waals surface area contributed by atoms with Crippen LogP contribution in [0.5, 0.6) is 0 Å². The second kappa shape index (κ2) is 8.89. The van der Waals surface area contributed by atoms with Crippen molar-refractivity contribution in [2.45, 2.75) is 11.3 Å². The third-order valence-corrected chi connectivity index (χ3v) is 6.63. The van der Waals surface area contributed by atoms with E-state index in [2.05, 4.69) is 11.4 Å². The lowest BCUT2D eigenvalue weighted by Gasteiger charge is -2.17. The standard InChI is InChI=1S/C27H22N2O2S/c30-26(29-15-14-20-7-3-4-11-25(20)29)18-32-24-10-5-9-23(17-24)28-27(31)22-13-12-19-6-1-2-8-21(19)16-22/h1-13,16-17H,14-15,18H2,(H,28,31). The van der Waals surface area contributed by atoms with Crippen molar-refractivity contribution < 1.29 is 9.59 Å². The lowest BCUT2D eigenvalue weighted by atomic mass is 10.1. The van der Waals surface area contributed by atoms with Gasteiger partial charge in [0.25, 0.3) is 5.91 Å². The topological polar surface area (TPSA) is 49.4 Å². The Morgan fingerprint density at radius 3 is 2.56 bits per heavy atom. The normalized spacial score (nSPS) is 12.6. The van der Waals surface area contributed by atoms with Gasteiger partial charge in [-0.15, -0.1) is 11.8 Å². The molecular formula is C27H22N2O2S. The number of hydrogen-bond acceptors (Lipinski definition) is 3. The average molecular weight is 439 g/mol. The molecule has 5 heteroatoms. The molecule has 0 radical (unpaired) electrons. The van der Waals surface area contributed by atoms with Crippen LogP contribution in [0.25, 0.3) is 10.8 Å². The van der Waals surface area contributed by atoms with E-state index < -0.39 is 0 Å². The Kier molecular flexibility index (Phi) is 5.65. The molecule has 0 aliphatic carbocycles. The highest BCUT2D eigenvalue weighted by molar-refractivity contribution is 8.00. The second-order valence-electron chi connectivity index (χ2n) is 7.76. The minimum Gasteiger partial charge on any atom is -0.322 e. The van der Waals surface area contributed by atoms with Gasteiger partial charge in [-0.1, -0.05) is 54.6 Å². The number of hydrogen-bond donors (Lipinski definition) is 1. The molecular weight excluding hydrogens is 416 g/mol. The van der Waals surface area contributed by atoms with Crippen molar-refractivity contribution in [1.29, 1.82) is 0 Å². The van der Waals surface area contributed by atoms with Gasteiger partial charge >= 0.3 is 0 Å². The van der Waals surface area contributed by atoms with Crippen molar-refractivity contribution >= 4 is 45.7 Å². The van der Waals surface area contributed by atoms with Crippen LogP contribution < -0.4 is 10.2 Å². The van der Waals surface area contributed by atoms with E-state index in [9.17, 15) is 9.59 Å². The van der Waals surface area contributed by atoms with Gasteiger partial charge in [0.15, 0.2) is 0 Å². The lowest BCUT2D eigenvalue weighted by Crippen LogP contribution is -2.30. The van der Waals surface area contributed by atoms with Gasteiger partial charge in [-0.05, 0) is 59.2 Å². The lowest BCUT2D eigenvalue weighted by molar-refractivity contribution is -0.116. The first-order valence-corrected chi connectivity index (χ1v) is 11.6. The zero-order valence-corrected chi connectivity index (χ0v) is 18.3. The maximum atomic E-state index is 12.8. The van der Waals surface area contributed by atoms with Crippen molar-refractivity contribution in [3.63, 3.8) is 0 Å². The molecule has 5 rings (SSSR count). The summed E-state index contributed by atoms with van der Waals surface area (Å²) in [6.45, 7) is 0.737. The Morgan fingerprint density at radius 1 is 0.844 bits per heavy atom. The number of nitrogens with zero attached hydrogens (tertiary/aromatic N) is 1. The molecule has 0 unspecified atom stereocenters. The highest BCUT2D eigenvalue weighted by Crippen LogP contribution is 2.29. The number of nitrogens with one attached hydrogen (secondary N) is 1. The molecule has 1 aliphatic rings. The molecule has 32 heavy (non-hydrogen) atoms. The van der Waals surface area contributed by atoms with Crippen LogP contribution in [-0.2, 0) is 11.2 Å². The molecule has 2 amide bonds.